The van der Waals surface area contributed by atoms with Gasteiger partial charge >= 0.3 is 0 Å². The van der Waals surface area contributed by atoms with Crippen LogP contribution in [0.3, 0.4) is 0 Å². The van der Waals surface area contributed by atoms with Crippen LogP contribution >= 0.6 is 0 Å². The maximum atomic E-state index is 12.6. The Kier molecular flexibility index (Phi) is 4.71. The lowest BCUT2D eigenvalue weighted by molar-refractivity contribution is -0.134. The summed E-state index contributed by atoms with van der Waals surface area (Å²) in [7, 11) is 1.89. The Morgan fingerprint density at radius 1 is 1.33 bits per heavy atom. The summed E-state index contributed by atoms with van der Waals surface area (Å²) in [5.74, 6) is 0.337. The van der Waals surface area contributed by atoms with Gasteiger partial charge in [0.2, 0.25) is 5.91 Å². The number of nitrogens with zero attached hydrogens (tertiary/aromatic N) is 3. The van der Waals surface area contributed by atoms with E-state index in [2.05, 4.69) is 31.3 Å². The average molecular weight is 326 g/mol. The number of nitrogens with one attached hydrogen (secondary N) is 1. The number of hydrogen-bond donors (Lipinski definition) is 1. The van der Waals surface area contributed by atoms with Gasteiger partial charge in [-0.05, 0) is 45.4 Å². The monoisotopic (exact) mass is 326 g/mol. The molecular formula is C19H26N4O. The number of hydrogen-bond acceptors (Lipinski definition) is 3. The van der Waals surface area contributed by atoms with Gasteiger partial charge in [-0.15, -0.1) is 0 Å². The van der Waals surface area contributed by atoms with E-state index < -0.39 is 0 Å². The Hall–Kier alpha value is -2.14. The highest BCUT2D eigenvalue weighted by molar-refractivity contribution is 5.79. The molecule has 1 aromatic heterocycles. The zero-order chi connectivity index (χ0) is 17.3. The molecule has 1 fully saturated rings. The Morgan fingerprint density at radius 3 is 2.75 bits per heavy atom. The maximum Gasteiger partial charge on any atom is 0.227 e. The first-order valence-corrected chi connectivity index (χ1v) is 8.56. The van der Waals surface area contributed by atoms with Crippen LogP contribution in [0.4, 0.5) is 0 Å². The molecule has 1 amide bonds. The van der Waals surface area contributed by atoms with Crippen molar-refractivity contribution in [3.05, 3.63) is 46.8 Å². The molecule has 0 bridgehead atoms. The Bertz CT molecular complexity index is 744. The van der Waals surface area contributed by atoms with E-state index >= 15 is 0 Å². The second-order valence-corrected chi connectivity index (χ2v) is 6.73. The summed E-state index contributed by atoms with van der Waals surface area (Å²) in [6, 6.07) is 8.24. The smallest absolute Gasteiger partial charge is 0.227 e. The van der Waals surface area contributed by atoms with Gasteiger partial charge in [0.15, 0.2) is 0 Å². The number of aryl methyl sites for hydroxylation is 2. The third-order valence-electron chi connectivity index (χ3n) is 4.97. The van der Waals surface area contributed by atoms with Crippen LogP contribution in [-0.2, 0) is 11.3 Å². The molecule has 1 aromatic carbocycles. The standard InChI is InChI=1S/C19H26N4O/c1-13-7-5-6-8-18(13)23-15(3)17(14(2)21-23)12-22(4)19(24)16-9-10-20-11-16/h5-8,16,20H,9-12H2,1-4H3. The first kappa shape index (κ1) is 16.7. The minimum atomic E-state index is 0.113. The lowest BCUT2D eigenvalue weighted by atomic mass is 10.1. The third kappa shape index (κ3) is 3.08. The Morgan fingerprint density at radius 2 is 2.08 bits per heavy atom. The zero-order valence-corrected chi connectivity index (χ0v) is 15.0. The molecule has 1 N–H and O–H groups in total. The van der Waals surface area contributed by atoms with Crippen LogP contribution in [0.25, 0.3) is 5.69 Å². The fourth-order valence-electron chi connectivity index (χ4n) is 3.43. The van der Waals surface area contributed by atoms with E-state index in [1.807, 2.05) is 35.7 Å². The molecule has 1 atom stereocenters. The predicted molar refractivity (Wildman–Crippen MR) is 95.2 cm³/mol. The van der Waals surface area contributed by atoms with Crippen molar-refractivity contribution in [2.75, 3.05) is 20.1 Å². The SMILES string of the molecule is Cc1ccccc1-n1nc(C)c(CN(C)C(=O)C2CCNC2)c1C. The normalized spacial score (nSPS) is 17.2. The quantitative estimate of drug-likeness (QED) is 0.938. The molecule has 128 valence electrons. The van der Waals surface area contributed by atoms with Crippen molar-refractivity contribution in [2.45, 2.75) is 33.7 Å². The van der Waals surface area contributed by atoms with Crippen molar-refractivity contribution in [3.8, 4) is 5.69 Å². The molecule has 1 unspecified atom stereocenters. The highest BCUT2D eigenvalue weighted by Gasteiger charge is 2.26. The lowest BCUT2D eigenvalue weighted by Crippen LogP contribution is -2.33. The van der Waals surface area contributed by atoms with Gasteiger partial charge in [0.05, 0.1) is 17.3 Å². The fourth-order valence-corrected chi connectivity index (χ4v) is 3.43. The van der Waals surface area contributed by atoms with Crippen molar-refractivity contribution in [1.82, 2.24) is 20.0 Å². The van der Waals surface area contributed by atoms with Gasteiger partial charge in [0.1, 0.15) is 0 Å². The van der Waals surface area contributed by atoms with E-state index in [1.165, 1.54) is 5.56 Å². The number of rotatable bonds is 4. The molecule has 5 nitrogen and oxygen atoms in total. The molecule has 1 aliphatic heterocycles. The van der Waals surface area contributed by atoms with E-state index in [4.69, 9.17) is 5.10 Å². The van der Waals surface area contributed by atoms with Crippen LogP contribution in [-0.4, -0.2) is 40.7 Å². The van der Waals surface area contributed by atoms with E-state index in [1.54, 1.807) is 0 Å². The molecule has 1 aliphatic rings. The molecule has 0 spiro atoms. The van der Waals surface area contributed by atoms with E-state index in [0.717, 1.165) is 42.1 Å². The summed E-state index contributed by atoms with van der Waals surface area (Å²) in [5.41, 5.74) is 5.51. The first-order chi connectivity index (χ1) is 11.5. The minimum absolute atomic E-state index is 0.113. The summed E-state index contributed by atoms with van der Waals surface area (Å²) < 4.78 is 2.00. The van der Waals surface area contributed by atoms with Gasteiger partial charge in [-0.25, -0.2) is 4.68 Å². The fraction of sp³-hybridized carbons (Fsp3) is 0.474. The number of carbonyl (C=O) groups excluding carboxylic acids is 1. The number of benzene rings is 1. The van der Waals surface area contributed by atoms with Crippen LogP contribution in [0.2, 0.25) is 0 Å². The third-order valence-corrected chi connectivity index (χ3v) is 4.97. The lowest BCUT2D eigenvalue weighted by Gasteiger charge is -2.21. The van der Waals surface area contributed by atoms with E-state index in [0.29, 0.717) is 6.54 Å². The van der Waals surface area contributed by atoms with Gasteiger partial charge in [-0.2, -0.15) is 5.10 Å². The molecule has 0 saturated carbocycles. The van der Waals surface area contributed by atoms with Gasteiger partial charge in [0, 0.05) is 31.4 Å². The van der Waals surface area contributed by atoms with E-state index in [-0.39, 0.29) is 11.8 Å². The highest BCUT2D eigenvalue weighted by atomic mass is 16.2. The summed E-state index contributed by atoms with van der Waals surface area (Å²) in [4.78, 5) is 14.4. The number of aromatic nitrogens is 2. The topological polar surface area (TPSA) is 50.2 Å². The number of para-hydroxylation sites is 1. The van der Waals surface area contributed by atoms with Crippen molar-refractivity contribution < 1.29 is 4.79 Å². The molecule has 5 heteroatoms. The molecule has 3 rings (SSSR count). The van der Waals surface area contributed by atoms with Gasteiger partial charge < -0.3 is 10.2 Å². The predicted octanol–water partition coefficient (Wildman–Crippen LogP) is 2.37. The average Bonchev–Trinajstić information content (AvgIpc) is 3.19. The van der Waals surface area contributed by atoms with E-state index in [9.17, 15) is 4.79 Å². The van der Waals surface area contributed by atoms with Crippen LogP contribution in [0.15, 0.2) is 24.3 Å². The molecule has 24 heavy (non-hydrogen) atoms. The summed E-state index contributed by atoms with van der Waals surface area (Å²) in [6.07, 6.45) is 0.934. The molecule has 2 heterocycles. The first-order valence-electron chi connectivity index (χ1n) is 8.56. The minimum Gasteiger partial charge on any atom is -0.341 e. The Balaban J connectivity index is 1.84. The Labute approximate surface area is 143 Å². The number of amides is 1. The molecule has 2 aromatic rings. The summed E-state index contributed by atoms with van der Waals surface area (Å²) >= 11 is 0. The van der Waals surface area contributed by atoms with Crippen molar-refractivity contribution in [3.63, 3.8) is 0 Å². The summed E-state index contributed by atoms with van der Waals surface area (Å²) in [5, 5.41) is 7.98. The molecule has 1 saturated heterocycles. The second-order valence-electron chi connectivity index (χ2n) is 6.73. The van der Waals surface area contributed by atoms with Crippen LogP contribution in [0.5, 0.6) is 0 Å². The zero-order valence-electron chi connectivity index (χ0n) is 15.0. The van der Waals surface area contributed by atoms with Gasteiger partial charge in [0.25, 0.3) is 0 Å². The highest BCUT2D eigenvalue weighted by Crippen LogP contribution is 2.22. The summed E-state index contributed by atoms with van der Waals surface area (Å²) in [6.45, 7) is 8.54. The molecular weight excluding hydrogens is 300 g/mol. The second kappa shape index (κ2) is 6.77. The molecule has 0 radical (unpaired) electrons. The van der Waals surface area contributed by atoms with Gasteiger partial charge in [-0.3, -0.25) is 4.79 Å². The maximum absolute atomic E-state index is 12.6. The van der Waals surface area contributed by atoms with Crippen molar-refractivity contribution in [1.29, 1.82) is 0 Å². The van der Waals surface area contributed by atoms with Gasteiger partial charge in [-0.1, -0.05) is 18.2 Å². The molecule has 0 aliphatic carbocycles. The van der Waals surface area contributed by atoms with Crippen molar-refractivity contribution in [2.24, 2.45) is 5.92 Å². The van der Waals surface area contributed by atoms with Crippen LogP contribution < -0.4 is 5.32 Å². The number of carbonyl (C=O) groups is 1. The van der Waals surface area contributed by atoms with Crippen LogP contribution in [0.1, 0.15) is 28.9 Å². The van der Waals surface area contributed by atoms with Crippen LogP contribution in [0, 0.1) is 26.7 Å². The van der Waals surface area contributed by atoms with Crippen molar-refractivity contribution >= 4 is 5.91 Å². The largest absolute Gasteiger partial charge is 0.341 e.